The van der Waals surface area contributed by atoms with Crippen LogP contribution in [0.3, 0.4) is 0 Å². The largest absolute Gasteiger partial charge is 0.388 e. The highest BCUT2D eigenvalue weighted by molar-refractivity contribution is 9.10. The third kappa shape index (κ3) is 3.53. The summed E-state index contributed by atoms with van der Waals surface area (Å²) in [6, 6.07) is 9.00. The lowest BCUT2D eigenvalue weighted by molar-refractivity contribution is 0.168. The van der Waals surface area contributed by atoms with Crippen LogP contribution in [0.4, 0.5) is 8.78 Å². The molecule has 0 aliphatic rings. The number of hydrogen-bond acceptors (Lipinski definition) is 1. The van der Waals surface area contributed by atoms with Crippen LogP contribution in [0.1, 0.15) is 17.2 Å². The van der Waals surface area contributed by atoms with Crippen molar-refractivity contribution in [2.75, 3.05) is 0 Å². The Labute approximate surface area is 123 Å². The molecule has 0 heterocycles. The van der Waals surface area contributed by atoms with Crippen molar-refractivity contribution in [3.63, 3.8) is 0 Å². The molecule has 0 saturated carbocycles. The molecule has 2 aromatic rings. The Balaban J connectivity index is 2.25. The molecular weight excluding hydrogens is 338 g/mol. The number of benzene rings is 2. The van der Waals surface area contributed by atoms with Crippen molar-refractivity contribution >= 4 is 27.5 Å². The minimum atomic E-state index is -1.24. The molecule has 0 radical (unpaired) electrons. The summed E-state index contributed by atoms with van der Waals surface area (Å²) < 4.78 is 27.7. The molecule has 2 rings (SSSR count). The zero-order valence-corrected chi connectivity index (χ0v) is 12.0. The van der Waals surface area contributed by atoms with Crippen molar-refractivity contribution in [1.82, 2.24) is 0 Å². The van der Waals surface area contributed by atoms with Gasteiger partial charge in [0.15, 0.2) is 0 Å². The van der Waals surface area contributed by atoms with Gasteiger partial charge in [-0.3, -0.25) is 0 Å². The fourth-order valence-electron chi connectivity index (χ4n) is 1.82. The van der Waals surface area contributed by atoms with Gasteiger partial charge in [0, 0.05) is 15.9 Å². The van der Waals surface area contributed by atoms with Crippen LogP contribution in [-0.2, 0) is 6.42 Å². The fourth-order valence-corrected chi connectivity index (χ4v) is 2.35. The van der Waals surface area contributed by atoms with Crippen LogP contribution >= 0.6 is 27.5 Å². The molecule has 0 aliphatic heterocycles. The Morgan fingerprint density at radius 2 is 1.63 bits per heavy atom. The third-order valence-electron chi connectivity index (χ3n) is 2.72. The van der Waals surface area contributed by atoms with E-state index in [1.54, 1.807) is 24.3 Å². The Hall–Kier alpha value is -0.970. The average molecular weight is 348 g/mol. The zero-order chi connectivity index (χ0) is 14.0. The number of halogens is 4. The summed E-state index contributed by atoms with van der Waals surface area (Å²) in [6.07, 6.45) is -1.12. The molecule has 0 aliphatic carbocycles. The summed E-state index contributed by atoms with van der Waals surface area (Å²) in [6.45, 7) is 0. The van der Waals surface area contributed by atoms with E-state index in [9.17, 15) is 13.9 Å². The number of hydrogen-bond donors (Lipinski definition) is 1. The first-order valence-electron chi connectivity index (χ1n) is 5.54. The Morgan fingerprint density at radius 1 is 1.11 bits per heavy atom. The summed E-state index contributed by atoms with van der Waals surface area (Å²) in [5.74, 6) is -1.54. The maximum absolute atomic E-state index is 13.7. The van der Waals surface area contributed by atoms with Crippen molar-refractivity contribution in [2.24, 2.45) is 0 Å². The van der Waals surface area contributed by atoms with E-state index in [-0.39, 0.29) is 12.0 Å². The van der Waals surface area contributed by atoms with Crippen LogP contribution in [0.5, 0.6) is 0 Å². The fraction of sp³-hybridized carbons (Fsp3) is 0.143. The maximum atomic E-state index is 13.7. The molecule has 5 heteroatoms. The van der Waals surface area contributed by atoms with Crippen molar-refractivity contribution in [3.05, 3.63) is 68.7 Å². The molecule has 0 bridgehead atoms. The van der Waals surface area contributed by atoms with Gasteiger partial charge in [0.2, 0.25) is 0 Å². The lowest BCUT2D eigenvalue weighted by Crippen LogP contribution is -2.07. The highest BCUT2D eigenvalue weighted by atomic mass is 79.9. The third-order valence-corrected chi connectivity index (χ3v) is 3.43. The van der Waals surface area contributed by atoms with Crippen LogP contribution in [0, 0.1) is 11.6 Å². The second-order valence-corrected chi connectivity index (χ2v) is 5.48. The molecule has 19 heavy (non-hydrogen) atoms. The van der Waals surface area contributed by atoms with E-state index in [2.05, 4.69) is 15.9 Å². The quantitative estimate of drug-likeness (QED) is 0.856. The molecule has 0 fully saturated rings. The maximum Gasteiger partial charge on any atom is 0.133 e. The molecule has 0 saturated heterocycles. The Kier molecular flexibility index (Phi) is 4.55. The van der Waals surface area contributed by atoms with Crippen LogP contribution in [0.15, 0.2) is 40.9 Å². The Morgan fingerprint density at radius 3 is 2.16 bits per heavy atom. The van der Waals surface area contributed by atoms with Crippen LogP contribution < -0.4 is 0 Å². The minimum Gasteiger partial charge on any atom is -0.388 e. The first-order chi connectivity index (χ1) is 8.97. The average Bonchev–Trinajstić information content (AvgIpc) is 2.30. The molecular formula is C14H10BrClF2O. The van der Waals surface area contributed by atoms with E-state index >= 15 is 0 Å². The van der Waals surface area contributed by atoms with Gasteiger partial charge in [-0.25, -0.2) is 8.78 Å². The van der Waals surface area contributed by atoms with Crippen LogP contribution in [0.25, 0.3) is 0 Å². The summed E-state index contributed by atoms with van der Waals surface area (Å²) in [5, 5.41) is 10.5. The first kappa shape index (κ1) is 14.4. The van der Waals surface area contributed by atoms with Crippen molar-refractivity contribution in [3.8, 4) is 0 Å². The van der Waals surface area contributed by atoms with Gasteiger partial charge in [-0.05, 0) is 29.8 Å². The lowest BCUT2D eigenvalue weighted by Gasteiger charge is -2.13. The highest BCUT2D eigenvalue weighted by Gasteiger charge is 2.19. The zero-order valence-electron chi connectivity index (χ0n) is 9.71. The highest BCUT2D eigenvalue weighted by Crippen LogP contribution is 2.27. The van der Waals surface area contributed by atoms with Crippen LogP contribution in [0.2, 0.25) is 5.02 Å². The van der Waals surface area contributed by atoms with Gasteiger partial charge in [0.1, 0.15) is 11.6 Å². The minimum absolute atomic E-state index is 0.118. The molecule has 1 unspecified atom stereocenters. The van der Waals surface area contributed by atoms with E-state index in [4.69, 9.17) is 11.6 Å². The van der Waals surface area contributed by atoms with Gasteiger partial charge in [-0.1, -0.05) is 39.7 Å². The molecule has 0 amide bonds. The predicted octanol–water partition coefficient (Wildman–Crippen LogP) is 4.66. The van der Waals surface area contributed by atoms with E-state index in [0.29, 0.717) is 9.50 Å². The molecule has 100 valence electrons. The van der Waals surface area contributed by atoms with Crippen molar-refractivity contribution in [1.29, 1.82) is 0 Å². The van der Waals surface area contributed by atoms with Gasteiger partial charge in [0.25, 0.3) is 0 Å². The number of aliphatic hydroxyl groups excluding tert-OH is 1. The summed E-state index contributed by atoms with van der Waals surface area (Å²) in [5.41, 5.74) is 0.428. The molecule has 1 nitrogen and oxygen atoms in total. The topological polar surface area (TPSA) is 20.2 Å². The normalized spacial score (nSPS) is 12.5. The molecule has 2 aromatic carbocycles. The summed E-state index contributed by atoms with van der Waals surface area (Å²) in [7, 11) is 0. The predicted molar refractivity (Wildman–Crippen MR) is 74.2 cm³/mol. The molecule has 1 atom stereocenters. The van der Waals surface area contributed by atoms with E-state index in [0.717, 1.165) is 17.7 Å². The molecule has 0 aromatic heterocycles. The standard InChI is InChI=1S/C14H10BrClF2O/c15-9-6-11(17)14(12(18)7-9)13(19)5-8-1-3-10(16)4-2-8/h1-4,6-7,13,19H,5H2. The van der Waals surface area contributed by atoms with Gasteiger partial charge < -0.3 is 5.11 Å². The van der Waals surface area contributed by atoms with Crippen molar-refractivity contribution < 1.29 is 13.9 Å². The lowest BCUT2D eigenvalue weighted by atomic mass is 10.0. The van der Waals surface area contributed by atoms with E-state index < -0.39 is 17.7 Å². The monoisotopic (exact) mass is 346 g/mol. The summed E-state index contributed by atoms with van der Waals surface area (Å²) in [4.78, 5) is 0. The molecule has 1 N–H and O–H groups in total. The summed E-state index contributed by atoms with van der Waals surface area (Å²) >= 11 is 8.74. The second-order valence-electron chi connectivity index (χ2n) is 4.13. The number of aliphatic hydroxyl groups is 1. The Bertz CT molecular complexity index is 563. The second kappa shape index (κ2) is 5.99. The smallest absolute Gasteiger partial charge is 0.133 e. The van der Waals surface area contributed by atoms with Crippen LogP contribution in [-0.4, -0.2) is 5.11 Å². The van der Waals surface area contributed by atoms with Gasteiger partial charge >= 0.3 is 0 Å². The van der Waals surface area contributed by atoms with E-state index in [1.807, 2.05) is 0 Å². The first-order valence-corrected chi connectivity index (χ1v) is 6.71. The van der Waals surface area contributed by atoms with Crippen molar-refractivity contribution in [2.45, 2.75) is 12.5 Å². The van der Waals surface area contributed by atoms with E-state index in [1.165, 1.54) is 0 Å². The van der Waals surface area contributed by atoms with Gasteiger partial charge in [-0.15, -0.1) is 0 Å². The number of rotatable bonds is 3. The molecule has 0 spiro atoms. The van der Waals surface area contributed by atoms with Gasteiger partial charge in [0.05, 0.1) is 11.7 Å². The SMILES string of the molecule is OC(Cc1ccc(Cl)cc1)c1c(F)cc(Br)cc1F. The van der Waals surface area contributed by atoms with Gasteiger partial charge in [-0.2, -0.15) is 0 Å².